The summed E-state index contributed by atoms with van der Waals surface area (Å²) in [5.41, 5.74) is 5.52. The lowest BCUT2D eigenvalue weighted by molar-refractivity contribution is -0.275. The third-order valence-corrected chi connectivity index (χ3v) is 5.50. The first-order chi connectivity index (χ1) is 17.3. The van der Waals surface area contributed by atoms with Gasteiger partial charge in [0.15, 0.2) is 23.0 Å². The topological polar surface area (TPSA) is 150 Å². The molecule has 15 heteroatoms. The van der Waals surface area contributed by atoms with E-state index in [0.29, 0.717) is 16.6 Å². The van der Waals surface area contributed by atoms with E-state index in [-0.39, 0.29) is 5.69 Å². The first-order valence-electron chi connectivity index (χ1n) is 10.6. The summed E-state index contributed by atoms with van der Waals surface area (Å²) in [6.45, 7) is 0.766. The van der Waals surface area contributed by atoms with E-state index in [4.69, 9.17) is 5.73 Å². The summed E-state index contributed by atoms with van der Waals surface area (Å²) in [7, 11) is 0. The maximum Gasteiger partial charge on any atom is 0.573 e. The molecule has 0 radical (unpaired) electrons. The number of rotatable bonds is 6. The van der Waals surface area contributed by atoms with Crippen molar-refractivity contribution in [2.75, 3.05) is 11.9 Å². The molecule has 2 aromatic heterocycles. The number of aryl methyl sites for hydroxylation is 1. The molecule has 11 nitrogen and oxygen atoms in total. The monoisotopic (exact) mass is 522 g/mol. The van der Waals surface area contributed by atoms with Crippen LogP contribution in [0.2, 0.25) is 0 Å². The van der Waals surface area contributed by atoms with Crippen LogP contribution in [0.15, 0.2) is 30.5 Å². The van der Waals surface area contributed by atoms with E-state index in [1.807, 2.05) is 0 Å². The van der Waals surface area contributed by atoms with Crippen LogP contribution in [0.25, 0.3) is 10.9 Å². The SMILES string of the molecule is Cc1cc2c(cn1)c(C(N)=O)nn2CC(=O)N1CC(=O)C[C@H]1C(=O)Nc1cccc(OC(F)(F)F)c1F. The fraction of sp³-hybridized carbons (Fsp3) is 0.273. The van der Waals surface area contributed by atoms with Crippen LogP contribution in [0.3, 0.4) is 0 Å². The first kappa shape index (κ1) is 25.5. The second kappa shape index (κ2) is 9.48. The van der Waals surface area contributed by atoms with Gasteiger partial charge in [0.25, 0.3) is 5.91 Å². The second-order valence-electron chi connectivity index (χ2n) is 8.15. The van der Waals surface area contributed by atoms with Crippen LogP contribution in [0.4, 0.5) is 23.2 Å². The van der Waals surface area contributed by atoms with Crippen LogP contribution >= 0.6 is 0 Å². The number of Topliss-reactive ketones (excluding diaryl/α,β-unsaturated/α-hetero) is 1. The summed E-state index contributed by atoms with van der Waals surface area (Å²) in [6.07, 6.45) is -4.18. The van der Waals surface area contributed by atoms with Gasteiger partial charge in [-0.3, -0.25) is 28.8 Å². The van der Waals surface area contributed by atoms with Crippen LogP contribution in [0.1, 0.15) is 22.6 Å². The number of nitrogens with two attached hydrogens (primary N) is 1. The molecular formula is C22H18F4N6O5. The number of hydrogen-bond donors (Lipinski definition) is 2. The Kier molecular flexibility index (Phi) is 6.54. The van der Waals surface area contributed by atoms with Crippen molar-refractivity contribution in [1.82, 2.24) is 19.7 Å². The maximum atomic E-state index is 14.5. The van der Waals surface area contributed by atoms with E-state index < -0.39 is 72.7 Å². The van der Waals surface area contributed by atoms with Crippen molar-refractivity contribution in [2.45, 2.75) is 32.3 Å². The molecule has 0 aliphatic carbocycles. The van der Waals surface area contributed by atoms with E-state index in [0.717, 1.165) is 23.1 Å². The molecule has 1 aliphatic heterocycles. The third kappa shape index (κ3) is 5.34. The molecule has 1 saturated heterocycles. The number of likely N-dealkylation sites (tertiary alicyclic amines) is 1. The standard InChI is InChI=1S/C22H18F4N6O5/c1-10-5-14-12(7-28-10)19(20(27)35)30-32(14)9-17(34)31-8-11(33)6-15(31)21(36)29-13-3-2-4-16(18(13)23)37-22(24,25)26/h2-5,7,15H,6,8-9H2,1H3,(H2,27,35)(H,29,36)/t15-/m0/s1. The second-order valence-corrected chi connectivity index (χ2v) is 8.15. The Balaban J connectivity index is 1.56. The van der Waals surface area contributed by atoms with Crippen molar-refractivity contribution in [3.63, 3.8) is 0 Å². The van der Waals surface area contributed by atoms with Gasteiger partial charge in [-0.25, -0.2) is 4.39 Å². The molecule has 4 rings (SSSR count). The summed E-state index contributed by atoms with van der Waals surface area (Å²) in [4.78, 5) is 54.9. The van der Waals surface area contributed by atoms with Gasteiger partial charge in [-0.15, -0.1) is 13.2 Å². The lowest BCUT2D eigenvalue weighted by Crippen LogP contribution is -2.44. The van der Waals surface area contributed by atoms with Crippen molar-refractivity contribution in [2.24, 2.45) is 5.73 Å². The fourth-order valence-electron chi connectivity index (χ4n) is 3.90. The number of alkyl halides is 3. The molecule has 0 bridgehead atoms. The van der Waals surface area contributed by atoms with Gasteiger partial charge in [-0.05, 0) is 25.1 Å². The highest BCUT2D eigenvalue weighted by molar-refractivity contribution is 6.05. The number of amides is 3. The Morgan fingerprint density at radius 2 is 2.00 bits per heavy atom. The van der Waals surface area contributed by atoms with Crippen molar-refractivity contribution >= 4 is 40.1 Å². The Hall–Kier alpha value is -4.56. The van der Waals surface area contributed by atoms with E-state index in [1.54, 1.807) is 13.0 Å². The zero-order valence-electron chi connectivity index (χ0n) is 19.0. The van der Waals surface area contributed by atoms with Crippen molar-refractivity contribution in [1.29, 1.82) is 0 Å². The quantitative estimate of drug-likeness (QED) is 0.468. The Morgan fingerprint density at radius 3 is 2.68 bits per heavy atom. The van der Waals surface area contributed by atoms with Gasteiger partial charge in [0, 0.05) is 18.3 Å². The summed E-state index contributed by atoms with van der Waals surface area (Å²) >= 11 is 0. The Morgan fingerprint density at radius 1 is 1.27 bits per heavy atom. The predicted molar refractivity (Wildman–Crippen MR) is 118 cm³/mol. The highest BCUT2D eigenvalue weighted by Gasteiger charge is 2.39. The van der Waals surface area contributed by atoms with Crippen molar-refractivity contribution < 1.29 is 41.5 Å². The van der Waals surface area contributed by atoms with Crippen LogP contribution in [0.5, 0.6) is 5.75 Å². The smallest absolute Gasteiger partial charge is 0.403 e. The molecule has 1 aromatic carbocycles. The third-order valence-electron chi connectivity index (χ3n) is 5.50. The summed E-state index contributed by atoms with van der Waals surface area (Å²) in [5, 5.41) is 6.47. The molecule has 194 valence electrons. The minimum absolute atomic E-state index is 0.126. The number of carbonyl (C=O) groups is 4. The Labute approximate surface area is 205 Å². The summed E-state index contributed by atoms with van der Waals surface area (Å²) in [6, 6.07) is 2.95. The minimum atomic E-state index is -5.16. The number of primary amides is 1. The molecule has 1 fully saturated rings. The zero-order chi connectivity index (χ0) is 27.1. The number of carbonyl (C=O) groups excluding carboxylic acids is 4. The van der Waals surface area contributed by atoms with Gasteiger partial charge >= 0.3 is 6.36 Å². The van der Waals surface area contributed by atoms with Crippen molar-refractivity contribution in [3.05, 3.63) is 47.7 Å². The lowest BCUT2D eigenvalue weighted by Gasteiger charge is -2.23. The number of halogens is 4. The number of ketones is 1. The number of hydrogen-bond acceptors (Lipinski definition) is 7. The molecule has 1 atom stereocenters. The number of fused-ring (bicyclic) bond motifs is 1. The van der Waals surface area contributed by atoms with Gasteiger partial charge < -0.3 is 20.7 Å². The number of aromatic nitrogens is 3. The van der Waals surface area contributed by atoms with E-state index >= 15 is 0 Å². The van der Waals surface area contributed by atoms with Gasteiger partial charge in [-0.2, -0.15) is 5.10 Å². The highest BCUT2D eigenvalue weighted by atomic mass is 19.4. The van der Waals surface area contributed by atoms with Gasteiger partial charge in [0.1, 0.15) is 12.6 Å². The molecule has 0 spiro atoms. The normalized spacial score (nSPS) is 15.8. The largest absolute Gasteiger partial charge is 0.573 e. The number of ether oxygens (including phenoxy) is 1. The maximum absolute atomic E-state index is 14.5. The predicted octanol–water partition coefficient (Wildman–Crippen LogP) is 1.69. The zero-order valence-corrected chi connectivity index (χ0v) is 19.0. The number of nitrogens with zero attached hydrogens (tertiary/aromatic N) is 4. The van der Waals surface area contributed by atoms with E-state index in [2.05, 4.69) is 20.1 Å². The van der Waals surface area contributed by atoms with E-state index in [1.165, 1.54) is 10.9 Å². The fourth-order valence-corrected chi connectivity index (χ4v) is 3.90. The molecule has 3 amide bonds. The molecule has 3 heterocycles. The van der Waals surface area contributed by atoms with Crippen LogP contribution in [-0.2, 0) is 20.9 Å². The molecule has 1 aliphatic rings. The van der Waals surface area contributed by atoms with Crippen LogP contribution in [0, 0.1) is 12.7 Å². The average molecular weight is 522 g/mol. The number of benzene rings is 1. The summed E-state index contributed by atoms with van der Waals surface area (Å²) < 4.78 is 56.7. The van der Waals surface area contributed by atoms with E-state index in [9.17, 15) is 36.7 Å². The molecule has 3 N–H and O–H groups in total. The summed E-state index contributed by atoms with van der Waals surface area (Å²) in [5.74, 6) is -5.69. The van der Waals surface area contributed by atoms with Crippen molar-refractivity contribution in [3.8, 4) is 5.75 Å². The lowest BCUT2D eigenvalue weighted by atomic mass is 10.2. The van der Waals surface area contributed by atoms with Crippen LogP contribution in [-0.4, -0.2) is 62.1 Å². The average Bonchev–Trinajstić information content (AvgIpc) is 3.36. The molecule has 0 unspecified atom stereocenters. The number of pyridine rings is 1. The van der Waals surface area contributed by atoms with Crippen LogP contribution < -0.4 is 15.8 Å². The molecule has 37 heavy (non-hydrogen) atoms. The van der Waals surface area contributed by atoms with Gasteiger partial charge in [0.05, 0.1) is 23.1 Å². The number of nitrogens with one attached hydrogen (secondary N) is 1. The first-order valence-corrected chi connectivity index (χ1v) is 10.6. The minimum Gasteiger partial charge on any atom is -0.403 e. The highest BCUT2D eigenvalue weighted by Crippen LogP contribution is 2.30. The Bertz CT molecular complexity index is 1440. The molecule has 3 aromatic rings. The molecule has 0 saturated carbocycles. The van der Waals surface area contributed by atoms with Gasteiger partial charge in [-0.1, -0.05) is 6.07 Å². The molecular weight excluding hydrogens is 504 g/mol. The number of anilines is 1. The van der Waals surface area contributed by atoms with Gasteiger partial charge in [0.2, 0.25) is 11.8 Å².